The summed E-state index contributed by atoms with van der Waals surface area (Å²) in [4.78, 5) is 7.05. The van der Waals surface area contributed by atoms with Crippen LogP contribution in [0.25, 0.3) is 0 Å². The quantitative estimate of drug-likeness (QED) is 0.897. The number of benzene rings is 1. The Morgan fingerprint density at radius 3 is 2.48 bits per heavy atom. The van der Waals surface area contributed by atoms with Gasteiger partial charge in [-0.1, -0.05) is 38.1 Å². The average molecular weight is 314 g/mol. The second-order valence-electron chi connectivity index (χ2n) is 7.32. The molecule has 2 aliphatic rings. The van der Waals surface area contributed by atoms with Gasteiger partial charge in [-0.05, 0) is 35.8 Å². The van der Waals surface area contributed by atoms with E-state index in [2.05, 4.69) is 58.6 Å². The fraction of sp³-hybridized carbons (Fsp3) is 0.632. The normalized spacial score (nSPS) is 25.6. The Morgan fingerprint density at radius 1 is 1.13 bits per heavy atom. The van der Waals surface area contributed by atoms with Gasteiger partial charge in [0.25, 0.3) is 0 Å². The summed E-state index contributed by atoms with van der Waals surface area (Å²) in [5.74, 6) is 2.59. The van der Waals surface area contributed by atoms with Crippen molar-refractivity contribution in [3.63, 3.8) is 0 Å². The number of nitrogens with zero attached hydrogens (tertiary/aromatic N) is 2. The smallest absolute Gasteiger partial charge is 0.191 e. The van der Waals surface area contributed by atoms with Gasteiger partial charge in [0.05, 0.1) is 0 Å². The van der Waals surface area contributed by atoms with Crippen LogP contribution >= 0.6 is 0 Å². The van der Waals surface area contributed by atoms with Crippen LogP contribution in [0.3, 0.4) is 0 Å². The molecule has 23 heavy (non-hydrogen) atoms. The monoisotopic (exact) mass is 314 g/mol. The lowest BCUT2D eigenvalue weighted by molar-refractivity contribution is 0.134. The highest BCUT2D eigenvalue weighted by atomic mass is 15.2. The van der Waals surface area contributed by atoms with Crippen LogP contribution in [0, 0.1) is 11.8 Å². The molecule has 1 saturated heterocycles. The topological polar surface area (TPSA) is 39.7 Å². The van der Waals surface area contributed by atoms with E-state index in [1.54, 1.807) is 0 Å². The van der Waals surface area contributed by atoms with Crippen molar-refractivity contribution in [2.75, 3.05) is 26.2 Å². The number of rotatable bonds is 4. The Hall–Kier alpha value is -1.55. The average Bonchev–Trinajstić information content (AvgIpc) is 2.54. The summed E-state index contributed by atoms with van der Waals surface area (Å²) < 4.78 is 0. The number of piperidine rings is 1. The van der Waals surface area contributed by atoms with Crippen LogP contribution in [0.5, 0.6) is 0 Å². The minimum Gasteiger partial charge on any atom is -0.356 e. The van der Waals surface area contributed by atoms with Crippen molar-refractivity contribution < 1.29 is 0 Å². The van der Waals surface area contributed by atoms with Crippen molar-refractivity contribution in [1.29, 1.82) is 0 Å². The van der Waals surface area contributed by atoms with E-state index in [9.17, 15) is 0 Å². The maximum absolute atomic E-state index is 4.44. The minimum atomic E-state index is 0.825. The van der Waals surface area contributed by atoms with Gasteiger partial charge in [-0.2, -0.15) is 0 Å². The molecule has 2 heterocycles. The molecule has 0 saturated carbocycles. The fourth-order valence-corrected chi connectivity index (χ4v) is 3.78. The summed E-state index contributed by atoms with van der Waals surface area (Å²) in [6.07, 6.45) is 2.51. The predicted octanol–water partition coefficient (Wildman–Crippen LogP) is 2.60. The Morgan fingerprint density at radius 2 is 1.83 bits per heavy atom. The largest absolute Gasteiger partial charge is 0.356 e. The van der Waals surface area contributed by atoms with E-state index in [-0.39, 0.29) is 0 Å². The van der Waals surface area contributed by atoms with Crippen molar-refractivity contribution in [2.24, 2.45) is 16.8 Å². The molecular weight excluding hydrogens is 284 g/mol. The zero-order chi connectivity index (χ0) is 16.1. The third-order valence-electron chi connectivity index (χ3n) is 4.73. The van der Waals surface area contributed by atoms with Crippen LogP contribution in [-0.4, -0.2) is 37.0 Å². The third kappa shape index (κ3) is 4.96. The molecule has 0 aromatic heterocycles. The second-order valence-corrected chi connectivity index (χ2v) is 7.32. The Bertz CT molecular complexity index is 513. The first-order valence-corrected chi connectivity index (χ1v) is 9.01. The summed E-state index contributed by atoms with van der Waals surface area (Å²) in [6, 6.07) is 9.03. The molecule has 0 amide bonds. The third-order valence-corrected chi connectivity index (χ3v) is 4.73. The van der Waals surface area contributed by atoms with E-state index >= 15 is 0 Å². The molecule has 0 aliphatic carbocycles. The number of hydrogen-bond acceptors (Lipinski definition) is 4. The van der Waals surface area contributed by atoms with Gasteiger partial charge in [0, 0.05) is 39.3 Å². The van der Waals surface area contributed by atoms with Gasteiger partial charge in [-0.3, -0.25) is 9.89 Å². The highest BCUT2D eigenvalue weighted by Gasteiger charge is 2.21. The molecule has 3 rings (SSSR count). The van der Waals surface area contributed by atoms with Crippen LogP contribution in [-0.2, 0) is 13.1 Å². The van der Waals surface area contributed by atoms with Gasteiger partial charge >= 0.3 is 0 Å². The van der Waals surface area contributed by atoms with Gasteiger partial charge in [0.1, 0.15) is 0 Å². The summed E-state index contributed by atoms with van der Waals surface area (Å²) in [6.45, 7) is 11.1. The molecule has 2 N–H and O–H groups in total. The van der Waals surface area contributed by atoms with E-state index < -0.39 is 0 Å². The predicted molar refractivity (Wildman–Crippen MR) is 96.4 cm³/mol. The van der Waals surface area contributed by atoms with Gasteiger partial charge in [-0.15, -0.1) is 0 Å². The summed E-state index contributed by atoms with van der Waals surface area (Å²) >= 11 is 0. The van der Waals surface area contributed by atoms with E-state index in [1.807, 2.05) is 0 Å². The molecule has 2 unspecified atom stereocenters. The first-order valence-electron chi connectivity index (χ1n) is 9.01. The molecule has 2 atom stereocenters. The number of hydrogen-bond donors (Lipinski definition) is 2. The van der Waals surface area contributed by atoms with Crippen molar-refractivity contribution >= 4 is 5.96 Å². The first kappa shape index (κ1) is 16.3. The van der Waals surface area contributed by atoms with Gasteiger partial charge in [0.2, 0.25) is 0 Å². The number of aliphatic imine (C=N–C) groups is 1. The number of nitrogens with one attached hydrogen (secondary N) is 2. The molecule has 1 fully saturated rings. The molecule has 4 nitrogen and oxygen atoms in total. The van der Waals surface area contributed by atoms with E-state index in [1.165, 1.54) is 30.6 Å². The maximum atomic E-state index is 4.44. The van der Waals surface area contributed by atoms with Gasteiger partial charge < -0.3 is 10.6 Å². The molecular formula is C19H30N4. The molecule has 1 aromatic rings. The second kappa shape index (κ2) is 7.82. The lowest BCUT2D eigenvalue weighted by atomic mass is 9.91. The van der Waals surface area contributed by atoms with Crippen LogP contribution in [0.15, 0.2) is 29.3 Å². The lowest BCUT2D eigenvalue weighted by Gasteiger charge is -2.35. The summed E-state index contributed by atoms with van der Waals surface area (Å²) in [5.41, 5.74) is 2.73. The number of guanidine groups is 1. The molecule has 0 radical (unpaired) electrons. The van der Waals surface area contributed by atoms with E-state index in [4.69, 9.17) is 0 Å². The van der Waals surface area contributed by atoms with E-state index in [0.29, 0.717) is 0 Å². The highest BCUT2D eigenvalue weighted by Crippen LogP contribution is 2.22. The Kier molecular flexibility index (Phi) is 5.55. The summed E-state index contributed by atoms with van der Waals surface area (Å²) in [5, 5.41) is 6.67. The SMILES string of the molecule is CC1CC(C)CN(Cc2ccc(CNC3=NCCCN3)cc2)C1. The first-order chi connectivity index (χ1) is 11.2. The number of likely N-dealkylation sites (tertiary alicyclic amines) is 1. The van der Waals surface area contributed by atoms with Crippen LogP contribution in [0.1, 0.15) is 37.8 Å². The van der Waals surface area contributed by atoms with Gasteiger partial charge in [0.15, 0.2) is 5.96 Å². The molecule has 2 aliphatic heterocycles. The fourth-order valence-electron chi connectivity index (χ4n) is 3.78. The van der Waals surface area contributed by atoms with Crippen molar-refractivity contribution in [3.05, 3.63) is 35.4 Å². The standard InChI is InChI=1S/C19H30N4/c1-15-10-16(2)13-23(12-15)14-18-6-4-17(5-7-18)11-22-19-20-8-3-9-21-19/h4-7,15-16H,3,8-14H2,1-2H3,(H2,20,21,22). The molecule has 126 valence electrons. The minimum absolute atomic E-state index is 0.825. The molecule has 4 heteroatoms. The van der Waals surface area contributed by atoms with E-state index in [0.717, 1.165) is 50.4 Å². The molecule has 0 bridgehead atoms. The van der Waals surface area contributed by atoms with Crippen LogP contribution < -0.4 is 10.6 Å². The van der Waals surface area contributed by atoms with Crippen molar-refractivity contribution in [2.45, 2.75) is 39.8 Å². The van der Waals surface area contributed by atoms with Crippen molar-refractivity contribution in [1.82, 2.24) is 15.5 Å². The zero-order valence-corrected chi connectivity index (χ0v) is 14.5. The molecule has 0 spiro atoms. The summed E-state index contributed by atoms with van der Waals surface area (Å²) in [7, 11) is 0. The lowest BCUT2D eigenvalue weighted by Crippen LogP contribution is -2.40. The van der Waals surface area contributed by atoms with Crippen LogP contribution in [0.4, 0.5) is 0 Å². The highest BCUT2D eigenvalue weighted by molar-refractivity contribution is 5.80. The maximum Gasteiger partial charge on any atom is 0.191 e. The molecule has 1 aromatic carbocycles. The zero-order valence-electron chi connectivity index (χ0n) is 14.5. The Balaban J connectivity index is 1.49. The Labute approximate surface area is 140 Å². The van der Waals surface area contributed by atoms with Gasteiger partial charge in [-0.25, -0.2) is 0 Å². The van der Waals surface area contributed by atoms with Crippen LogP contribution in [0.2, 0.25) is 0 Å². The van der Waals surface area contributed by atoms with Crippen molar-refractivity contribution in [3.8, 4) is 0 Å².